The Hall–Kier alpha value is -4.86. The highest BCUT2D eigenvalue weighted by molar-refractivity contribution is 5.90. The summed E-state index contributed by atoms with van der Waals surface area (Å²) in [7, 11) is 0. The summed E-state index contributed by atoms with van der Waals surface area (Å²) in [6.07, 6.45) is 0.230. The largest absolute Gasteiger partial charge is 0.458 e. The summed E-state index contributed by atoms with van der Waals surface area (Å²) in [4.78, 5) is 52.3. The van der Waals surface area contributed by atoms with Crippen molar-refractivity contribution >= 4 is 24.1 Å². The van der Waals surface area contributed by atoms with Crippen LogP contribution in [0.4, 0.5) is 9.59 Å². The van der Waals surface area contributed by atoms with Gasteiger partial charge >= 0.3 is 18.2 Å². The van der Waals surface area contributed by atoms with E-state index in [1.807, 2.05) is 66.7 Å². The maximum atomic E-state index is 13.8. The van der Waals surface area contributed by atoms with Gasteiger partial charge in [-0.05, 0) is 88.6 Å². The Morgan fingerprint density at radius 1 is 0.673 bits per heavy atom. The average Bonchev–Trinajstić information content (AvgIpc) is 3.35. The van der Waals surface area contributed by atoms with E-state index in [1.54, 1.807) is 41.5 Å². The molecule has 0 radical (unpaired) electrons. The zero-order chi connectivity index (χ0) is 35.6. The Labute approximate surface area is 289 Å². The summed E-state index contributed by atoms with van der Waals surface area (Å²) >= 11 is 0. The summed E-state index contributed by atoms with van der Waals surface area (Å²) in [5.74, 6) is -1.26. The Kier molecular flexibility index (Phi) is 12.4. The minimum Gasteiger partial charge on any atom is -0.458 e. The van der Waals surface area contributed by atoms with Crippen LogP contribution in [0.15, 0.2) is 78.9 Å². The van der Waals surface area contributed by atoms with E-state index in [2.05, 4.69) is 28.1 Å². The van der Waals surface area contributed by atoms with E-state index >= 15 is 0 Å². The third-order valence-corrected chi connectivity index (χ3v) is 7.83. The topological polar surface area (TPSA) is 132 Å². The monoisotopic (exact) mass is 671 g/mol. The molecule has 0 spiro atoms. The number of ether oxygens (including phenoxy) is 3. The normalized spacial score (nSPS) is 13.7. The van der Waals surface area contributed by atoms with Gasteiger partial charge in [-0.3, -0.25) is 4.79 Å². The highest BCUT2D eigenvalue weighted by atomic mass is 16.6. The molecule has 4 rings (SSSR count). The van der Waals surface area contributed by atoms with Crippen LogP contribution in [-0.2, 0) is 30.2 Å². The molecule has 3 N–H and O–H groups in total. The quantitative estimate of drug-likeness (QED) is 0.105. The molecule has 0 aliphatic heterocycles. The highest BCUT2D eigenvalue weighted by Crippen LogP contribution is 2.44. The number of amides is 3. The first-order valence-corrected chi connectivity index (χ1v) is 16.9. The third-order valence-electron chi connectivity index (χ3n) is 7.83. The van der Waals surface area contributed by atoms with Gasteiger partial charge in [0.15, 0.2) is 0 Å². The smallest absolute Gasteiger partial charge is 0.407 e. The molecule has 10 heteroatoms. The van der Waals surface area contributed by atoms with Gasteiger partial charge in [0, 0.05) is 18.9 Å². The fraction of sp³-hybridized carbons (Fsp3) is 0.436. The van der Waals surface area contributed by atoms with Crippen LogP contribution in [0, 0.1) is 0 Å². The van der Waals surface area contributed by atoms with Gasteiger partial charge in [-0.25, -0.2) is 14.4 Å². The number of unbranched alkanes of at least 4 members (excludes halogenated alkanes) is 1. The Balaban J connectivity index is 1.42. The van der Waals surface area contributed by atoms with E-state index in [-0.39, 0.29) is 25.4 Å². The van der Waals surface area contributed by atoms with Crippen LogP contribution in [0.25, 0.3) is 11.1 Å². The van der Waals surface area contributed by atoms with Gasteiger partial charge in [0.1, 0.15) is 29.9 Å². The molecule has 2 atom stereocenters. The number of hydrogen-bond acceptors (Lipinski definition) is 7. The van der Waals surface area contributed by atoms with Crippen LogP contribution >= 0.6 is 0 Å². The molecule has 0 fully saturated rings. The molecule has 49 heavy (non-hydrogen) atoms. The molecule has 1 aliphatic carbocycles. The summed E-state index contributed by atoms with van der Waals surface area (Å²) in [5, 5.41) is 8.28. The van der Waals surface area contributed by atoms with E-state index < -0.39 is 47.3 Å². The first-order chi connectivity index (χ1) is 23.2. The zero-order valence-electron chi connectivity index (χ0n) is 29.3. The van der Waals surface area contributed by atoms with Crippen LogP contribution in [0.2, 0.25) is 0 Å². The lowest BCUT2D eigenvalue weighted by Gasteiger charge is -2.26. The van der Waals surface area contributed by atoms with Gasteiger partial charge in [-0.1, -0.05) is 78.9 Å². The molecule has 3 aromatic carbocycles. The van der Waals surface area contributed by atoms with Crippen molar-refractivity contribution in [3.8, 4) is 11.1 Å². The lowest BCUT2D eigenvalue weighted by atomic mass is 9.98. The number of nitrogens with one attached hydrogen (secondary N) is 3. The fourth-order valence-electron chi connectivity index (χ4n) is 5.71. The number of benzene rings is 3. The molecule has 3 aromatic rings. The molecule has 262 valence electrons. The van der Waals surface area contributed by atoms with Gasteiger partial charge in [0.2, 0.25) is 5.91 Å². The predicted octanol–water partition coefficient (Wildman–Crippen LogP) is 6.66. The first-order valence-electron chi connectivity index (χ1n) is 16.9. The summed E-state index contributed by atoms with van der Waals surface area (Å²) in [6, 6.07) is 23.4. The lowest BCUT2D eigenvalue weighted by Crippen LogP contribution is -2.53. The van der Waals surface area contributed by atoms with Crippen LogP contribution in [-0.4, -0.2) is 60.5 Å². The van der Waals surface area contributed by atoms with Gasteiger partial charge in [0.25, 0.3) is 0 Å². The number of rotatable bonds is 13. The van der Waals surface area contributed by atoms with E-state index in [0.29, 0.717) is 19.4 Å². The number of carbonyl (C=O) groups is 4. The molecular formula is C39H49N3O7. The SMILES string of the molecule is CC(C)(C)OC(=O)NCCCC[C@H](NC(=O)[C@H](Cc1ccccc1)NC(=O)OCC1c2ccccc2-c2ccccc21)C(=O)OC(C)(C)C. The fourth-order valence-corrected chi connectivity index (χ4v) is 5.71. The second-order valence-electron chi connectivity index (χ2n) is 14.2. The van der Waals surface area contributed by atoms with E-state index in [4.69, 9.17) is 14.2 Å². The van der Waals surface area contributed by atoms with Crippen LogP contribution in [0.5, 0.6) is 0 Å². The van der Waals surface area contributed by atoms with Crippen LogP contribution < -0.4 is 16.0 Å². The zero-order valence-corrected chi connectivity index (χ0v) is 29.3. The van der Waals surface area contributed by atoms with Crippen LogP contribution in [0.3, 0.4) is 0 Å². The Morgan fingerprint density at radius 2 is 1.24 bits per heavy atom. The molecule has 0 aromatic heterocycles. The van der Waals surface area contributed by atoms with Crippen molar-refractivity contribution in [1.82, 2.24) is 16.0 Å². The predicted molar refractivity (Wildman–Crippen MR) is 188 cm³/mol. The molecule has 10 nitrogen and oxygen atoms in total. The highest BCUT2D eigenvalue weighted by Gasteiger charge is 2.32. The Morgan fingerprint density at radius 3 is 1.84 bits per heavy atom. The molecule has 0 unspecified atom stereocenters. The standard InChI is InChI=1S/C39H49N3O7/c1-38(2,3)48-35(44)32(22-14-15-23-40-36(45)49-39(4,5)6)41-34(43)33(24-26-16-8-7-9-17-26)42-37(46)47-25-31-29-20-12-10-18-27(29)28-19-11-13-21-30(28)31/h7-13,16-21,31-33H,14-15,22-25H2,1-6H3,(H,40,45)(H,41,43)(H,42,46)/t32-,33-/m0/s1. The number of fused-ring (bicyclic) bond motifs is 3. The van der Waals surface area contributed by atoms with E-state index in [9.17, 15) is 19.2 Å². The minimum atomic E-state index is -1.03. The maximum absolute atomic E-state index is 13.8. The molecule has 0 saturated carbocycles. The average molecular weight is 672 g/mol. The van der Waals surface area contributed by atoms with E-state index in [1.165, 1.54) is 0 Å². The van der Waals surface area contributed by atoms with Crippen LogP contribution in [0.1, 0.15) is 83.4 Å². The third kappa shape index (κ3) is 11.4. The van der Waals surface area contributed by atoms with Gasteiger partial charge in [-0.15, -0.1) is 0 Å². The summed E-state index contributed by atoms with van der Waals surface area (Å²) in [6.45, 7) is 11.1. The summed E-state index contributed by atoms with van der Waals surface area (Å²) < 4.78 is 16.6. The second-order valence-corrected chi connectivity index (χ2v) is 14.2. The van der Waals surface area contributed by atoms with Crippen molar-refractivity contribution in [2.45, 2.75) is 96.4 Å². The second kappa shape index (κ2) is 16.5. The number of carbonyl (C=O) groups excluding carboxylic acids is 4. The molecule has 0 saturated heterocycles. The van der Waals surface area contributed by atoms with E-state index in [0.717, 1.165) is 27.8 Å². The van der Waals surface area contributed by atoms with Crippen molar-refractivity contribution in [2.75, 3.05) is 13.2 Å². The van der Waals surface area contributed by atoms with Gasteiger partial charge in [-0.2, -0.15) is 0 Å². The molecule has 3 amide bonds. The van der Waals surface area contributed by atoms with Crippen molar-refractivity contribution in [3.05, 3.63) is 95.6 Å². The molecule has 1 aliphatic rings. The van der Waals surface area contributed by atoms with Crippen molar-refractivity contribution in [1.29, 1.82) is 0 Å². The number of esters is 1. The van der Waals surface area contributed by atoms with Gasteiger partial charge in [0.05, 0.1) is 0 Å². The van der Waals surface area contributed by atoms with Gasteiger partial charge < -0.3 is 30.2 Å². The molecule has 0 heterocycles. The minimum absolute atomic E-state index is 0.0946. The number of hydrogen-bond donors (Lipinski definition) is 3. The first kappa shape index (κ1) is 37.0. The molecular weight excluding hydrogens is 622 g/mol. The number of alkyl carbamates (subject to hydrolysis) is 2. The van der Waals surface area contributed by atoms with Crippen molar-refractivity contribution < 1.29 is 33.4 Å². The Bertz CT molecular complexity index is 1550. The van der Waals surface area contributed by atoms with Crippen molar-refractivity contribution in [3.63, 3.8) is 0 Å². The van der Waals surface area contributed by atoms with Crippen molar-refractivity contribution in [2.24, 2.45) is 0 Å². The maximum Gasteiger partial charge on any atom is 0.407 e. The summed E-state index contributed by atoms with van der Waals surface area (Å²) in [5.41, 5.74) is 3.82. The molecule has 0 bridgehead atoms. The lowest BCUT2D eigenvalue weighted by molar-refractivity contribution is -0.159.